The molecule has 2 aliphatic rings. The first kappa shape index (κ1) is 18.1. The number of morpholine rings is 1. The van der Waals surface area contributed by atoms with Crippen molar-refractivity contribution in [2.45, 2.75) is 72.1 Å². The van der Waals surface area contributed by atoms with Crippen LogP contribution in [0, 0.1) is 5.41 Å². The van der Waals surface area contributed by atoms with Gasteiger partial charge >= 0.3 is 0 Å². The molecule has 1 aromatic heterocycles. The first-order valence-electron chi connectivity index (χ1n) is 9.31. The summed E-state index contributed by atoms with van der Waals surface area (Å²) in [5, 5.41) is 3.18. The quantitative estimate of drug-likeness (QED) is 0.892. The number of ether oxygens (including phenoxy) is 1. The molecule has 0 saturated carbocycles. The molecule has 25 heavy (non-hydrogen) atoms. The molecular weight excluding hydrogens is 316 g/mol. The maximum atomic E-state index is 12.4. The monoisotopic (exact) mass is 346 g/mol. The Morgan fingerprint density at radius 3 is 2.60 bits per heavy atom. The van der Waals surface area contributed by atoms with Crippen molar-refractivity contribution in [1.82, 2.24) is 15.3 Å². The van der Waals surface area contributed by atoms with Gasteiger partial charge in [0.1, 0.15) is 0 Å². The predicted octanol–water partition coefficient (Wildman–Crippen LogP) is 2.63. The van der Waals surface area contributed by atoms with Gasteiger partial charge in [-0.25, -0.2) is 9.97 Å². The van der Waals surface area contributed by atoms with Crippen LogP contribution in [0.25, 0.3) is 0 Å². The highest BCUT2D eigenvalue weighted by Crippen LogP contribution is 2.30. The summed E-state index contributed by atoms with van der Waals surface area (Å²) >= 11 is 0. The summed E-state index contributed by atoms with van der Waals surface area (Å²) in [7, 11) is 0. The number of hydrogen-bond donors (Lipinski definition) is 1. The molecule has 0 unspecified atom stereocenters. The molecule has 6 nitrogen and oxygen atoms in total. The standard InChI is InChI=1S/C19H30N4O2/c1-12-10-23(11-13(2)25-12)18-20-9-14-15(7-6-8-16(14)22-18)21-17(24)19(3,4)5/h9,12-13,15H,6-8,10-11H2,1-5H3,(H,21,24)/t12-,13-,15+/m1/s1. The van der Waals surface area contributed by atoms with Gasteiger partial charge in [0.15, 0.2) is 0 Å². The number of hydrogen-bond acceptors (Lipinski definition) is 5. The van der Waals surface area contributed by atoms with Gasteiger partial charge in [-0.1, -0.05) is 20.8 Å². The highest BCUT2D eigenvalue weighted by molar-refractivity contribution is 5.81. The van der Waals surface area contributed by atoms with Crippen molar-refractivity contribution in [2.75, 3.05) is 18.0 Å². The van der Waals surface area contributed by atoms with Crippen molar-refractivity contribution in [3.8, 4) is 0 Å². The first-order valence-corrected chi connectivity index (χ1v) is 9.31. The minimum absolute atomic E-state index is 0.0204. The lowest BCUT2D eigenvalue weighted by atomic mass is 9.90. The Bertz CT molecular complexity index is 631. The fraction of sp³-hybridized carbons (Fsp3) is 0.737. The number of rotatable bonds is 2. The van der Waals surface area contributed by atoms with E-state index in [9.17, 15) is 4.79 Å². The topological polar surface area (TPSA) is 67.4 Å². The van der Waals surface area contributed by atoms with Crippen LogP contribution in [-0.4, -0.2) is 41.2 Å². The largest absolute Gasteiger partial charge is 0.372 e. The van der Waals surface area contributed by atoms with Crippen LogP contribution in [0.15, 0.2) is 6.20 Å². The van der Waals surface area contributed by atoms with E-state index >= 15 is 0 Å². The van der Waals surface area contributed by atoms with Crippen LogP contribution in [0.2, 0.25) is 0 Å². The van der Waals surface area contributed by atoms with E-state index in [0.29, 0.717) is 0 Å². The molecule has 1 saturated heterocycles. The van der Waals surface area contributed by atoms with E-state index in [0.717, 1.165) is 49.6 Å². The molecule has 1 aromatic rings. The number of nitrogens with one attached hydrogen (secondary N) is 1. The number of amides is 1. The van der Waals surface area contributed by atoms with Crippen molar-refractivity contribution >= 4 is 11.9 Å². The summed E-state index contributed by atoms with van der Waals surface area (Å²) in [4.78, 5) is 24.0. The number of aromatic nitrogens is 2. The molecule has 3 rings (SSSR count). The molecule has 0 aromatic carbocycles. The van der Waals surface area contributed by atoms with Gasteiger partial charge in [0.25, 0.3) is 0 Å². The van der Waals surface area contributed by atoms with Crippen LogP contribution in [0.1, 0.15) is 64.8 Å². The highest BCUT2D eigenvalue weighted by Gasteiger charge is 2.30. The number of carbonyl (C=O) groups is 1. The number of fused-ring (bicyclic) bond motifs is 1. The van der Waals surface area contributed by atoms with Gasteiger partial charge in [-0.3, -0.25) is 4.79 Å². The molecular formula is C19H30N4O2. The van der Waals surface area contributed by atoms with Crippen molar-refractivity contribution in [3.63, 3.8) is 0 Å². The zero-order valence-electron chi connectivity index (χ0n) is 16.0. The summed E-state index contributed by atoms with van der Waals surface area (Å²) in [6, 6.07) is 0.0204. The Labute approximate surface area is 150 Å². The predicted molar refractivity (Wildman–Crippen MR) is 97.5 cm³/mol. The Morgan fingerprint density at radius 1 is 1.28 bits per heavy atom. The fourth-order valence-corrected chi connectivity index (χ4v) is 3.55. The van der Waals surface area contributed by atoms with Gasteiger partial charge < -0.3 is 15.0 Å². The summed E-state index contributed by atoms with van der Waals surface area (Å²) in [5.74, 6) is 0.855. The van der Waals surface area contributed by atoms with E-state index < -0.39 is 5.41 Å². The average Bonchev–Trinajstić information content (AvgIpc) is 2.52. The number of aryl methyl sites for hydroxylation is 1. The summed E-state index contributed by atoms with van der Waals surface area (Å²) < 4.78 is 5.80. The van der Waals surface area contributed by atoms with Crippen LogP contribution >= 0.6 is 0 Å². The Morgan fingerprint density at radius 2 is 1.96 bits per heavy atom. The maximum absolute atomic E-state index is 12.4. The molecule has 1 aliphatic heterocycles. The molecule has 3 atom stereocenters. The van der Waals surface area contributed by atoms with Gasteiger partial charge in [-0.05, 0) is 33.1 Å². The molecule has 6 heteroatoms. The molecule has 1 amide bonds. The van der Waals surface area contributed by atoms with E-state index in [2.05, 4.69) is 29.0 Å². The fourth-order valence-electron chi connectivity index (χ4n) is 3.55. The second kappa shape index (κ2) is 6.90. The summed E-state index contributed by atoms with van der Waals surface area (Å²) in [6.45, 7) is 11.6. The number of nitrogens with zero attached hydrogens (tertiary/aromatic N) is 3. The van der Waals surface area contributed by atoms with Crippen molar-refractivity contribution < 1.29 is 9.53 Å². The molecule has 138 valence electrons. The average molecular weight is 346 g/mol. The van der Waals surface area contributed by atoms with Crippen LogP contribution in [-0.2, 0) is 16.0 Å². The Balaban J connectivity index is 1.79. The molecule has 1 N–H and O–H groups in total. The zero-order chi connectivity index (χ0) is 18.2. The van der Waals surface area contributed by atoms with Gasteiger partial charge in [0, 0.05) is 30.3 Å². The third-order valence-corrected chi connectivity index (χ3v) is 4.86. The van der Waals surface area contributed by atoms with E-state index in [-0.39, 0.29) is 24.2 Å². The summed E-state index contributed by atoms with van der Waals surface area (Å²) in [5.41, 5.74) is 1.75. The summed E-state index contributed by atoms with van der Waals surface area (Å²) in [6.07, 6.45) is 5.21. The van der Waals surface area contributed by atoms with E-state index in [1.807, 2.05) is 27.0 Å². The zero-order valence-corrected chi connectivity index (χ0v) is 16.0. The Kier molecular flexibility index (Phi) is 5.00. The SMILES string of the molecule is C[C@@H]1CN(c2ncc3c(n2)CCC[C@@H]3NC(=O)C(C)(C)C)C[C@@H](C)O1. The van der Waals surface area contributed by atoms with Gasteiger partial charge in [-0.15, -0.1) is 0 Å². The highest BCUT2D eigenvalue weighted by atomic mass is 16.5. The second-order valence-corrected chi connectivity index (χ2v) is 8.40. The minimum atomic E-state index is -0.390. The lowest BCUT2D eigenvalue weighted by Gasteiger charge is -2.36. The number of carbonyl (C=O) groups excluding carboxylic acids is 1. The van der Waals surface area contributed by atoms with E-state index in [1.54, 1.807) is 0 Å². The maximum Gasteiger partial charge on any atom is 0.225 e. The van der Waals surface area contributed by atoms with Gasteiger partial charge in [-0.2, -0.15) is 0 Å². The normalized spacial score (nSPS) is 26.9. The first-order chi connectivity index (χ1) is 11.7. The lowest BCUT2D eigenvalue weighted by molar-refractivity contribution is -0.129. The van der Waals surface area contributed by atoms with Crippen molar-refractivity contribution in [1.29, 1.82) is 0 Å². The Hall–Kier alpha value is -1.69. The molecule has 0 bridgehead atoms. The van der Waals surface area contributed by atoms with Gasteiger partial charge in [0.05, 0.1) is 23.9 Å². The van der Waals surface area contributed by atoms with Crippen LogP contribution in [0.4, 0.5) is 5.95 Å². The van der Waals surface area contributed by atoms with Crippen LogP contribution in [0.5, 0.6) is 0 Å². The van der Waals surface area contributed by atoms with Crippen molar-refractivity contribution in [3.05, 3.63) is 17.5 Å². The molecule has 1 fully saturated rings. The van der Waals surface area contributed by atoms with Gasteiger partial charge in [0.2, 0.25) is 11.9 Å². The van der Waals surface area contributed by atoms with E-state index in [4.69, 9.17) is 9.72 Å². The third-order valence-electron chi connectivity index (χ3n) is 4.86. The smallest absolute Gasteiger partial charge is 0.225 e. The molecule has 0 spiro atoms. The number of anilines is 1. The van der Waals surface area contributed by atoms with Crippen LogP contribution < -0.4 is 10.2 Å². The third kappa shape index (κ3) is 4.11. The van der Waals surface area contributed by atoms with E-state index in [1.165, 1.54) is 0 Å². The molecule has 2 heterocycles. The lowest BCUT2D eigenvalue weighted by Crippen LogP contribution is -2.46. The minimum Gasteiger partial charge on any atom is -0.372 e. The molecule has 0 radical (unpaired) electrons. The van der Waals surface area contributed by atoms with Crippen LogP contribution in [0.3, 0.4) is 0 Å². The molecule has 1 aliphatic carbocycles. The second-order valence-electron chi connectivity index (χ2n) is 8.40. The van der Waals surface area contributed by atoms with Crippen molar-refractivity contribution in [2.24, 2.45) is 5.41 Å².